The van der Waals surface area contributed by atoms with Gasteiger partial charge < -0.3 is 14.4 Å². The summed E-state index contributed by atoms with van der Waals surface area (Å²) >= 11 is 0. The Bertz CT molecular complexity index is 1020. The monoisotopic (exact) mass is 395 g/mol. The molecule has 6 heteroatoms. The van der Waals surface area contributed by atoms with Crippen LogP contribution in [0.2, 0.25) is 0 Å². The van der Waals surface area contributed by atoms with Crippen molar-refractivity contribution in [3.63, 3.8) is 0 Å². The molecule has 0 N–H and O–H groups in total. The molecule has 0 aliphatic carbocycles. The van der Waals surface area contributed by atoms with Crippen LogP contribution in [0.4, 0.5) is 0 Å². The summed E-state index contributed by atoms with van der Waals surface area (Å²) < 4.78 is 12.8. The van der Waals surface area contributed by atoms with Crippen molar-refractivity contribution in [3.8, 4) is 11.5 Å². The third-order valence-electron chi connectivity index (χ3n) is 4.67. The van der Waals surface area contributed by atoms with Crippen LogP contribution in [0.3, 0.4) is 0 Å². The molecule has 6 nitrogen and oxygen atoms in total. The second kappa shape index (κ2) is 9.09. The van der Waals surface area contributed by atoms with E-state index < -0.39 is 0 Å². The number of rotatable bonds is 8. The SMILES string of the molecule is COc1ccc(Cc2nc3ccc(OC(C)C)cc3c(=O)n2CCN(C)C)cc1. The van der Waals surface area contributed by atoms with Crippen LogP contribution in [0.25, 0.3) is 10.9 Å². The lowest BCUT2D eigenvalue weighted by atomic mass is 10.1. The van der Waals surface area contributed by atoms with Crippen molar-refractivity contribution in [1.29, 1.82) is 0 Å². The second-order valence-electron chi connectivity index (χ2n) is 7.66. The van der Waals surface area contributed by atoms with Gasteiger partial charge >= 0.3 is 0 Å². The third-order valence-corrected chi connectivity index (χ3v) is 4.67. The minimum atomic E-state index is -0.0328. The summed E-state index contributed by atoms with van der Waals surface area (Å²) in [6.07, 6.45) is 0.623. The summed E-state index contributed by atoms with van der Waals surface area (Å²) in [5.41, 5.74) is 1.74. The van der Waals surface area contributed by atoms with Crippen LogP contribution in [0.1, 0.15) is 25.2 Å². The molecule has 0 fully saturated rings. The fourth-order valence-corrected chi connectivity index (χ4v) is 3.18. The summed E-state index contributed by atoms with van der Waals surface area (Å²) in [7, 11) is 5.64. The Morgan fingerprint density at radius 3 is 2.38 bits per heavy atom. The lowest BCUT2D eigenvalue weighted by molar-refractivity contribution is 0.242. The van der Waals surface area contributed by atoms with Crippen molar-refractivity contribution < 1.29 is 9.47 Å². The molecular weight excluding hydrogens is 366 g/mol. The molecule has 0 atom stereocenters. The van der Waals surface area contributed by atoms with E-state index in [2.05, 4.69) is 4.90 Å². The second-order valence-corrected chi connectivity index (χ2v) is 7.66. The molecule has 0 amide bonds. The van der Waals surface area contributed by atoms with E-state index in [1.165, 1.54) is 0 Å². The van der Waals surface area contributed by atoms with Gasteiger partial charge in [-0.15, -0.1) is 0 Å². The van der Waals surface area contributed by atoms with Gasteiger partial charge in [-0.3, -0.25) is 9.36 Å². The summed E-state index contributed by atoms with van der Waals surface area (Å²) in [6, 6.07) is 13.4. The summed E-state index contributed by atoms with van der Waals surface area (Å²) in [6.45, 7) is 5.27. The topological polar surface area (TPSA) is 56.6 Å². The van der Waals surface area contributed by atoms with Crippen LogP contribution in [-0.4, -0.2) is 48.3 Å². The number of aromatic nitrogens is 2. The van der Waals surface area contributed by atoms with Crippen LogP contribution in [0.5, 0.6) is 11.5 Å². The molecule has 29 heavy (non-hydrogen) atoms. The number of nitrogens with zero attached hydrogens (tertiary/aromatic N) is 3. The zero-order valence-corrected chi connectivity index (χ0v) is 17.8. The number of likely N-dealkylation sites (N-methyl/N-ethyl adjacent to an activating group) is 1. The van der Waals surface area contributed by atoms with E-state index in [1.807, 2.05) is 64.3 Å². The maximum Gasteiger partial charge on any atom is 0.261 e. The van der Waals surface area contributed by atoms with Gasteiger partial charge in [0.1, 0.15) is 17.3 Å². The van der Waals surface area contributed by atoms with E-state index in [9.17, 15) is 4.79 Å². The van der Waals surface area contributed by atoms with Gasteiger partial charge in [-0.1, -0.05) is 12.1 Å². The number of hydrogen-bond acceptors (Lipinski definition) is 5. The highest BCUT2D eigenvalue weighted by Crippen LogP contribution is 2.20. The average molecular weight is 396 g/mol. The predicted molar refractivity (Wildman–Crippen MR) is 116 cm³/mol. The molecule has 0 bridgehead atoms. The number of fused-ring (bicyclic) bond motifs is 1. The molecule has 0 saturated carbocycles. The number of methoxy groups -OCH3 is 1. The van der Waals surface area contributed by atoms with E-state index in [0.717, 1.165) is 23.7 Å². The summed E-state index contributed by atoms with van der Waals surface area (Å²) in [5.74, 6) is 2.25. The standard InChI is InChI=1S/C23H29N3O3/c1-16(2)29-19-10-11-21-20(15-19)23(27)26(13-12-25(3)4)22(24-21)14-17-6-8-18(28-5)9-7-17/h6-11,15-16H,12-14H2,1-5H3. The zero-order chi connectivity index (χ0) is 21.0. The molecule has 3 aromatic rings. The first-order chi connectivity index (χ1) is 13.9. The predicted octanol–water partition coefficient (Wildman–Crippen LogP) is 3.34. The van der Waals surface area contributed by atoms with E-state index in [0.29, 0.717) is 29.6 Å². The van der Waals surface area contributed by atoms with Gasteiger partial charge in [0.15, 0.2) is 0 Å². The molecule has 0 aliphatic heterocycles. The summed E-state index contributed by atoms with van der Waals surface area (Å²) in [5, 5.41) is 0.584. The highest BCUT2D eigenvalue weighted by molar-refractivity contribution is 5.79. The maximum absolute atomic E-state index is 13.3. The largest absolute Gasteiger partial charge is 0.497 e. The Morgan fingerprint density at radius 1 is 1.07 bits per heavy atom. The van der Waals surface area contributed by atoms with Gasteiger partial charge in [0, 0.05) is 19.5 Å². The molecule has 1 heterocycles. The Balaban J connectivity index is 2.05. The Morgan fingerprint density at radius 2 is 1.76 bits per heavy atom. The molecule has 2 aromatic carbocycles. The third kappa shape index (κ3) is 5.15. The fraction of sp³-hybridized carbons (Fsp3) is 0.391. The highest BCUT2D eigenvalue weighted by Gasteiger charge is 2.13. The van der Waals surface area contributed by atoms with Crippen molar-refractivity contribution in [1.82, 2.24) is 14.5 Å². The van der Waals surface area contributed by atoms with Crippen molar-refractivity contribution in [2.75, 3.05) is 27.7 Å². The van der Waals surface area contributed by atoms with Crippen LogP contribution >= 0.6 is 0 Å². The molecule has 0 radical (unpaired) electrons. The quantitative estimate of drug-likeness (QED) is 0.585. The van der Waals surface area contributed by atoms with Gasteiger partial charge in [-0.2, -0.15) is 0 Å². The number of benzene rings is 2. The molecule has 0 aliphatic rings. The minimum Gasteiger partial charge on any atom is -0.497 e. The molecule has 0 saturated heterocycles. The Labute approximate surface area is 171 Å². The van der Waals surface area contributed by atoms with Crippen molar-refractivity contribution in [3.05, 3.63) is 64.2 Å². The number of ether oxygens (including phenoxy) is 2. The summed E-state index contributed by atoms with van der Waals surface area (Å²) in [4.78, 5) is 20.2. The molecular formula is C23H29N3O3. The maximum atomic E-state index is 13.3. The minimum absolute atomic E-state index is 0.0328. The van der Waals surface area contributed by atoms with Gasteiger partial charge in [-0.05, 0) is 63.8 Å². The van der Waals surface area contributed by atoms with Gasteiger partial charge in [-0.25, -0.2) is 4.98 Å². The van der Waals surface area contributed by atoms with E-state index in [1.54, 1.807) is 17.7 Å². The molecule has 0 unspecified atom stereocenters. The molecule has 1 aromatic heterocycles. The van der Waals surface area contributed by atoms with Gasteiger partial charge in [0.25, 0.3) is 5.56 Å². The molecule has 0 spiro atoms. The fourth-order valence-electron chi connectivity index (χ4n) is 3.18. The van der Waals surface area contributed by atoms with Crippen molar-refractivity contribution >= 4 is 10.9 Å². The lowest BCUT2D eigenvalue weighted by Crippen LogP contribution is -2.30. The van der Waals surface area contributed by atoms with Crippen LogP contribution in [0, 0.1) is 0 Å². The van der Waals surface area contributed by atoms with Crippen molar-refractivity contribution in [2.45, 2.75) is 32.9 Å². The Kier molecular flexibility index (Phi) is 6.54. The molecule has 154 valence electrons. The van der Waals surface area contributed by atoms with Gasteiger partial charge in [0.05, 0.1) is 24.1 Å². The van der Waals surface area contributed by atoms with Gasteiger partial charge in [0.2, 0.25) is 0 Å². The average Bonchev–Trinajstić information content (AvgIpc) is 2.68. The first-order valence-corrected chi connectivity index (χ1v) is 9.85. The van der Waals surface area contributed by atoms with E-state index in [-0.39, 0.29) is 11.7 Å². The highest BCUT2D eigenvalue weighted by atomic mass is 16.5. The zero-order valence-electron chi connectivity index (χ0n) is 17.8. The lowest BCUT2D eigenvalue weighted by Gasteiger charge is -2.17. The number of hydrogen-bond donors (Lipinski definition) is 0. The van der Waals surface area contributed by atoms with Crippen LogP contribution in [-0.2, 0) is 13.0 Å². The van der Waals surface area contributed by atoms with Crippen LogP contribution in [0.15, 0.2) is 47.3 Å². The molecule has 3 rings (SSSR count). The Hall–Kier alpha value is -2.86. The van der Waals surface area contributed by atoms with E-state index >= 15 is 0 Å². The van der Waals surface area contributed by atoms with Crippen LogP contribution < -0.4 is 15.0 Å². The van der Waals surface area contributed by atoms with Crippen molar-refractivity contribution in [2.24, 2.45) is 0 Å². The first-order valence-electron chi connectivity index (χ1n) is 9.85. The first kappa shape index (κ1) is 20.9. The smallest absolute Gasteiger partial charge is 0.261 e. The normalized spacial score (nSPS) is 11.4. The van der Waals surface area contributed by atoms with E-state index in [4.69, 9.17) is 14.5 Å².